The van der Waals surface area contributed by atoms with Gasteiger partial charge in [-0.15, -0.1) is 0 Å². The fourth-order valence-corrected chi connectivity index (χ4v) is 5.52. The van der Waals surface area contributed by atoms with Crippen molar-refractivity contribution in [3.63, 3.8) is 0 Å². The lowest BCUT2D eigenvalue weighted by Gasteiger charge is -2.35. The number of hydrogen-bond donors (Lipinski definition) is 1. The first-order valence-electron chi connectivity index (χ1n) is 12.1. The summed E-state index contributed by atoms with van der Waals surface area (Å²) in [5.74, 6) is 0.287. The van der Waals surface area contributed by atoms with Crippen LogP contribution < -0.4 is 10.5 Å². The summed E-state index contributed by atoms with van der Waals surface area (Å²) in [4.78, 5) is 25.6. The molecule has 1 aromatic carbocycles. The van der Waals surface area contributed by atoms with E-state index in [1.54, 1.807) is 4.57 Å². The van der Waals surface area contributed by atoms with Crippen molar-refractivity contribution in [3.05, 3.63) is 63.6 Å². The number of nitrogens with zero attached hydrogens (tertiary/aromatic N) is 4. The Kier molecular flexibility index (Phi) is 4.68. The van der Waals surface area contributed by atoms with E-state index in [0.717, 1.165) is 65.0 Å². The van der Waals surface area contributed by atoms with E-state index in [1.165, 1.54) is 0 Å². The molecule has 0 saturated carbocycles. The van der Waals surface area contributed by atoms with E-state index in [4.69, 9.17) is 14.7 Å². The van der Waals surface area contributed by atoms with E-state index in [0.29, 0.717) is 24.1 Å². The molecule has 1 atom stereocenters. The van der Waals surface area contributed by atoms with Gasteiger partial charge in [0, 0.05) is 17.7 Å². The highest BCUT2D eigenvalue weighted by molar-refractivity contribution is 6.10. The predicted molar refractivity (Wildman–Crippen MR) is 134 cm³/mol. The van der Waals surface area contributed by atoms with Crippen LogP contribution in [0.5, 0.6) is 0 Å². The molecular weight excluding hydrogens is 428 g/mol. The Morgan fingerprint density at radius 2 is 2.09 bits per heavy atom. The molecular formula is C27H28N4O3. The lowest BCUT2D eigenvalue weighted by Crippen LogP contribution is -2.38. The van der Waals surface area contributed by atoms with Crippen LogP contribution >= 0.6 is 0 Å². The van der Waals surface area contributed by atoms with Crippen LogP contribution in [-0.4, -0.2) is 27.5 Å². The smallest absolute Gasteiger partial charge is 0.258 e. The third kappa shape index (κ3) is 2.76. The molecule has 3 aliphatic heterocycles. The minimum Gasteiger partial charge on any atom is -0.490 e. The largest absolute Gasteiger partial charge is 0.490 e. The molecule has 0 saturated heterocycles. The Morgan fingerprint density at radius 3 is 2.88 bits per heavy atom. The van der Waals surface area contributed by atoms with Crippen LogP contribution in [0.15, 0.2) is 46.4 Å². The monoisotopic (exact) mass is 456 g/mol. The maximum atomic E-state index is 13.6. The van der Waals surface area contributed by atoms with Gasteiger partial charge in [-0.1, -0.05) is 39.3 Å². The summed E-state index contributed by atoms with van der Waals surface area (Å²) in [6, 6.07) is 7.91. The summed E-state index contributed by atoms with van der Waals surface area (Å²) < 4.78 is 7.41. The number of aromatic nitrogens is 2. The highest BCUT2D eigenvalue weighted by Gasteiger charge is 2.42. The fraction of sp³-hybridized carbons (Fsp3) is 0.370. The molecule has 7 heteroatoms. The predicted octanol–water partition coefficient (Wildman–Crippen LogP) is 4.74. The van der Waals surface area contributed by atoms with Crippen LogP contribution in [0.3, 0.4) is 0 Å². The standard InChI is InChI=1S/C27H28N4O3/c1-4-6-7-11-30-15-28-20-9-8-10-21-23(20)25(30)17-13-31-22(24(17)29-21)12-19-18(26(31)32)14-34-16(3)27(19,33)5-2/h8-10,12,15,33H,3-7,11,13-14H2,1-2H3/t27-/m1/s1. The number of aliphatic hydroxyl groups is 1. The molecule has 0 aliphatic carbocycles. The van der Waals surface area contributed by atoms with Gasteiger partial charge in [0.15, 0.2) is 0 Å². The minimum absolute atomic E-state index is 0.119. The van der Waals surface area contributed by atoms with Gasteiger partial charge in [-0.05, 0) is 31.0 Å². The number of benzene rings is 1. The normalized spacial score (nSPS) is 19.7. The second kappa shape index (κ2) is 7.53. The zero-order valence-electron chi connectivity index (χ0n) is 19.6. The molecule has 3 aliphatic rings. The third-order valence-corrected chi connectivity index (χ3v) is 7.46. The number of rotatable bonds is 5. The van der Waals surface area contributed by atoms with Gasteiger partial charge in [0.1, 0.15) is 18.0 Å². The second-order valence-electron chi connectivity index (χ2n) is 9.34. The molecule has 0 radical (unpaired) electrons. The third-order valence-electron chi connectivity index (χ3n) is 7.46. The molecule has 0 fully saturated rings. The van der Waals surface area contributed by atoms with Gasteiger partial charge in [0.05, 0.1) is 52.1 Å². The lowest BCUT2D eigenvalue weighted by molar-refractivity contribution is -0.0172. The molecule has 1 N–H and O–H groups in total. The first kappa shape index (κ1) is 21.1. The van der Waals surface area contributed by atoms with Crippen LogP contribution in [0.4, 0.5) is 11.4 Å². The molecule has 34 heavy (non-hydrogen) atoms. The van der Waals surface area contributed by atoms with E-state index in [2.05, 4.69) is 18.4 Å². The topological polar surface area (TPSA) is 80.0 Å². The molecule has 6 rings (SSSR count). The van der Waals surface area contributed by atoms with Gasteiger partial charge < -0.3 is 19.3 Å². The van der Waals surface area contributed by atoms with E-state index in [1.807, 2.05) is 37.5 Å². The fourth-order valence-electron chi connectivity index (χ4n) is 5.52. The number of anilines is 1. The number of hydrogen-bond acceptors (Lipinski definition) is 6. The van der Waals surface area contributed by atoms with E-state index in [9.17, 15) is 9.90 Å². The van der Waals surface area contributed by atoms with Crippen molar-refractivity contribution in [2.24, 2.45) is 4.99 Å². The van der Waals surface area contributed by atoms with Gasteiger partial charge in [-0.3, -0.25) is 4.79 Å². The van der Waals surface area contributed by atoms with Gasteiger partial charge in [0.2, 0.25) is 0 Å². The van der Waals surface area contributed by atoms with Crippen molar-refractivity contribution in [1.82, 2.24) is 9.55 Å². The summed E-state index contributed by atoms with van der Waals surface area (Å²) in [6.07, 6.45) is 5.64. The summed E-state index contributed by atoms with van der Waals surface area (Å²) in [5.41, 5.74) is 4.98. The molecule has 0 bridgehead atoms. The first-order valence-corrected chi connectivity index (χ1v) is 12.1. The minimum atomic E-state index is -1.39. The summed E-state index contributed by atoms with van der Waals surface area (Å²) >= 11 is 0. The van der Waals surface area contributed by atoms with Crippen LogP contribution in [0.1, 0.15) is 56.2 Å². The first-order chi connectivity index (χ1) is 16.5. The zero-order valence-corrected chi connectivity index (χ0v) is 19.6. The average molecular weight is 457 g/mol. The molecule has 0 amide bonds. The average Bonchev–Trinajstić information content (AvgIpc) is 3.22. The lowest BCUT2D eigenvalue weighted by atomic mass is 9.84. The van der Waals surface area contributed by atoms with Crippen molar-refractivity contribution in [2.45, 2.75) is 58.3 Å². The molecule has 5 heterocycles. The Labute approximate surface area is 198 Å². The summed E-state index contributed by atoms with van der Waals surface area (Å²) in [6.45, 7) is 9.40. The Hall–Kier alpha value is -3.45. The highest BCUT2D eigenvalue weighted by Crippen LogP contribution is 2.47. The van der Waals surface area contributed by atoms with E-state index in [-0.39, 0.29) is 17.9 Å². The van der Waals surface area contributed by atoms with Gasteiger partial charge in [-0.25, -0.2) is 9.98 Å². The van der Waals surface area contributed by atoms with E-state index >= 15 is 0 Å². The molecule has 7 nitrogen and oxygen atoms in total. The number of aliphatic imine (C=N–C) groups is 1. The second-order valence-corrected chi connectivity index (χ2v) is 9.34. The van der Waals surface area contributed by atoms with Crippen LogP contribution in [-0.2, 0) is 23.5 Å². The van der Waals surface area contributed by atoms with Gasteiger partial charge in [0.25, 0.3) is 5.56 Å². The zero-order chi connectivity index (χ0) is 23.6. The van der Waals surface area contributed by atoms with Crippen molar-refractivity contribution in [1.29, 1.82) is 0 Å². The SMILES string of the molecule is C=C1OCc2c(cc3n(c2=O)Cc2c-3nc3cccc4c3c2N(CCCCC)C=N4)[C@@]1(O)CC. The van der Waals surface area contributed by atoms with Crippen molar-refractivity contribution < 1.29 is 9.84 Å². The highest BCUT2D eigenvalue weighted by atomic mass is 16.5. The van der Waals surface area contributed by atoms with Crippen LogP contribution in [0, 0.1) is 0 Å². The van der Waals surface area contributed by atoms with Crippen molar-refractivity contribution in [3.8, 4) is 11.4 Å². The Bertz CT molecular complexity index is 1450. The summed E-state index contributed by atoms with van der Waals surface area (Å²) in [7, 11) is 0. The summed E-state index contributed by atoms with van der Waals surface area (Å²) in [5, 5.41) is 12.4. The Balaban J connectivity index is 1.60. The van der Waals surface area contributed by atoms with Crippen LogP contribution in [0.2, 0.25) is 0 Å². The van der Waals surface area contributed by atoms with Crippen molar-refractivity contribution in [2.75, 3.05) is 11.4 Å². The van der Waals surface area contributed by atoms with Crippen molar-refractivity contribution >= 4 is 28.6 Å². The molecule has 0 unspecified atom stereocenters. The maximum absolute atomic E-state index is 13.6. The number of unbranched alkanes of at least 4 members (excludes halogenated alkanes) is 2. The maximum Gasteiger partial charge on any atom is 0.258 e. The molecule has 0 spiro atoms. The molecule has 3 aromatic rings. The number of pyridine rings is 2. The van der Waals surface area contributed by atoms with E-state index < -0.39 is 5.60 Å². The molecule has 2 aromatic heterocycles. The van der Waals surface area contributed by atoms with Crippen LogP contribution in [0.25, 0.3) is 22.3 Å². The Morgan fingerprint density at radius 1 is 1.24 bits per heavy atom. The molecule has 174 valence electrons. The number of fused-ring (bicyclic) bond motifs is 5. The van der Waals surface area contributed by atoms with Gasteiger partial charge >= 0.3 is 0 Å². The van der Waals surface area contributed by atoms with Gasteiger partial charge in [-0.2, -0.15) is 0 Å². The quantitative estimate of drug-likeness (QED) is 0.439. The number of ether oxygens (including phenoxy) is 1.